The monoisotopic (exact) mass is 414 g/mol. The second-order valence-corrected chi connectivity index (χ2v) is 9.41. The zero-order chi connectivity index (χ0) is 20.6. The van der Waals surface area contributed by atoms with Gasteiger partial charge in [-0.1, -0.05) is 24.3 Å². The minimum Gasteiger partial charge on any atom is -0.367 e. The lowest BCUT2D eigenvalue weighted by molar-refractivity contribution is 0.101. The van der Waals surface area contributed by atoms with Gasteiger partial charge in [0, 0.05) is 31.7 Å². The number of hydrogen-bond acceptors (Lipinski definition) is 4. The van der Waals surface area contributed by atoms with Crippen molar-refractivity contribution < 1.29 is 17.6 Å². The highest BCUT2D eigenvalue weighted by atomic mass is 32.2. The van der Waals surface area contributed by atoms with E-state index >= 15 is 0 Å². The van der Waals surface area contributed by atoms with Gasteiger partial charge in [-0.2, -0.15) is 4.31 Å². The zero-order valence-corrected chi connectivity index (χ0v) is 17.1. The molecule has 2 aromatic carbocycles. The van der Waals surface area contributed by atoms with Crippen molar-refractivity contribution in [2.45, 2.75) is 19.8 Å². The predicted octanol–water partition coefficient (Wildman–Crippen LogP) is 3.47. The number of piperazine rings is 1. The molecule has 5 nitrogen and oxygen atoms in total. The summed E-state index contributed by atoms with van der Waals surface area (Å²) < 4.78 is 42.1. The third-order valence-electron chi connectivity index (χ3n) is 5.62. The molecule has 2 aliphatic rings. The molecule has 2 aromatic rings. The van der Waals surface area contributed by atoms with E-state index in [9.17, 15) is 17.6 Å². The first-order valence-electron chi connectivity index (χ1n) is 9.70. The molecule has 1 fully saturated rings. The average molecular weight is 415 g/mol. The van der Waals surface area contributed by atoms with Gasteiger partial charge >= 0.3 is 0 Å². The fourth-order valence-corrected chi connectivity index (χ4v) is 5.54. The summed E-state index contributed by atoms with van der Waals surface area (Å²) in [6.07, 6.45) is 3.00. The number of nitrogens with zero attached hydrogens (tertiary/aromatic N) is 2. The van der Waals surface area contributed by atoms with E-state index < -0.39 is 15.8 Å². The number of benzene rings is 2. The van der Waals surface area contributed by atoms with Crippen LogP contribution in [0.4, 0.5) is 10.1 Å². The topological polar surface area (TPSA) is 57.7 Å². The van der Waals surface area contributed by atoms with Crippen molar-refractivity contribution in [2.75, 3.05) is 31.1 Å². The fraction of sp³-hybridized carbons (Fsp3) is 0.318. The van der Waals surface area contributed by atoms with Crippen LogP contribution in [0, 0.1) is 5.82 Å². The molecule has 0 aromatic heterocycles. The number of carbonyl (C=O) groups excluding carboxylic acids is 1. The Kier molecular flexibility index (Phi) is 5.27. The zero-order valence-electron chi connectivity index (χ0n) is 16.3. The lowest BCUT2D eigenvalue weighted by Crippen LogP contribution is -2.49. The van der Waals surface area contributed by atoms with Crippen LogP contribution in [-0.4, -0.2) is 44.7 Å². The number of halogens is 1. The van der Waals surface area contributed by atoms with E-state index in [0.29, 0.717) is 48.8 Å². The van der Waals surface area contributed by atoms with Crippen LogP contribution in [0.5, 0.6) is 0 Å². The van der Waals surface area contributed by atoms with Crippen molar-refractivity contribution >= 4 is 27.6 Å². The SMILES string of the molecule is CC(=O)c1ccc(N2CCN(S(=O)(=O)C3=Cc4ccccc4CC3)CC2)c(F)c1. The van der Waals surface area contributed by atoms with E-state index in [1.807, 2.05) is 29.2 Å². The highest BCUT2D eigenvalue weighted by molar-refractivity contribution is 7.93. The quantitative estimate of drug-likeness (QED) is 0.719. The molecule has 0 amide bonds. The van der Waals surface area contributed by atoms with Gasteiger partial charge in [0.2, 0.25) is 10.0 Å². The Morgan fingerprint density at radius 2 is 1.72 bits per heavy atom. The average Bonchev–Trinajstić information content (AvgIpc) is 2.73. The highest BCUT2D eigenvalue weighted by Gasteiger charge is 2.32. The number of fused-ring (bicyclic) bond motifs is 1. The number of aryl methyl sites for hydroxylation is 1. The van der Waals surface area contributed by atoms with E-state index in [1.54, 1.807) is 18.2 Å². The summed E-state index contributed by atoms with van der Waals surface area (Å²) in [7, 11) is -3.53. The number of ketones is 1. The molecule has 1 aliphatic heterocycles. The third kappa shape index (κ3) is 3.84. The van der Waals surface area contributed by atoms with Crippen molar-refractivity contribution in [1.82, 2.24) is 4.31 Å². The van der Waals surface area contributed by atoms with E-state index in [1.165, 1.54) is 22.9 Å². The number of allylic oxidation sites excluding steroid dienone is 1. The van der Waals surface area contributed by atoms with Crippen LogP contribution in [0.3, 0.4) is 0 Å². The maximum atomic E-state index is 14.4. The molecule has 0 bridgehead atoms. The first kappa shape index (κ1) is 19.8. The molecule has 1 saturated heterocycles. The number of Topliss-reactive ketones (excluding diaryl/α,β-unsaturated/α-hetero) is 1. The van der Waals surface area contributed by atoms with Crippen LogP contribution in [0.25, 0.3) is 6.08 Å². The summed E-state index contributed by atoms with van der Waals surface area (Å²) in [5.74, 6) is -0.644. The van der Waals surface area contributed by atoms with Gasteiger partial charge < -0.3 is 4.90 Å². The van der Waals surface area contributed by atoms with E-state index in [2.05, 4.69) is 0 Å². The van der Waals surface area contributed by atoms with Gasteiger partial charge in [0.15, 0.2) is 5.78 Å². The predicted molar refractivity (Wildman–Crippen MR) is 112 cm³/mol. The second kappa shape index (κ2) is 7.72. The van der Waals surface area contributed by atoms with Gasteiger partial charge in [-0.25, -0.2) is 12.8 Å². The van der Waals surface area contributed by atoms with Gasteiger partial charge in [-0.15, -0.1) is 0 Å². The molecule has 0 atom stereocenters. The Labute approximate surface area is 170 Å². The van der Waals surface area contributed by atoms with E-state index in [-0.39, 0.29) is 5.78 Å². The van der Waals surface area contributed by atoms with Gasteiger partial charge in [0.25, 0.3) is 0 Å². The van der Waals surface area contributed by atoms with E-state index in [0.717, 1.165) is 12.0 Å². The molecule has 4 rings (SSSR count). The molecular weight excluding hydrogens is 391 g/mol. The molecule has 0 N–H and O–H groups in total. The second-order valence-electron chi connectivity index (χ2n) is 7.42. The lowest BCUT2D eigenvalue weighted by atomic mass is 9.98. The van der Waals surface area contributed by atoms with Crippen molar-refractivity contribution in [3.8, 4) is 0 Å². The summed E-state index contributed by atoms with van der Waals surface area (Å²) >= 11 is 0. The summed E-state index contributed by atoms with van der Waals surface area (Å²) in [5.41, 5.74) is 2.86. The largest absolute Gasteiger partial charge is 0.367 e. The van der Waals surface area contributed by atoms with Gasteiger partial charge in [0.1, 0.15) is 5.82 Å². The Balaban J connectivity index is 1.48. The molecule has 0 unspecified atom stereocenters. The number of sulfonamides is 1. The van der Waals surface area contributed by atoms with Gasteiger partial charge in [0.05, 0.1) is 10.6 Å². The van der Waals surface area contributed by atoms with Crippen LogP contribution in [-0.2, 0) is 16.4 Å². The minimum absolute atomic E-state index is 0.186. The molecule has 1 aliphatic carbocycles. The highest BCUT2D eigenvalue weighted by Crippen LogP contribution is 2.30. The van der Waals surface area contributed by atoms with Crippen LogP contribution in [0.1, 0.15) is 34.8 Å². The molecule has 29 heavy (non-hydrogen) atoms. The number of carbonyl (C=O) groups is 1. The minimum atomic E-state index is -3.53. The normalized spacial score (nSPS) is 17.6. The molecule has 0 spiro atoms. The third-order valence-corrected chi connectivity index (χ3v) is 7.65. The number of rotatable bonds is 4. The molecular formula is C22H23FN2O3S. The summed E-state index contributed by atoms with van der Waals surface area (Å²) in [5, 5.41) is 0. The molecule has 1 heterocycles. The van der Waals surface area contributed by atoms with Crippen molar-refractivity contribution in [3.05, 3.63) is 69.9 Å². The molecule has 0 saturated carbocycles. The summed E-state index contributed by atoms with van der Waals surface area (Å²) in [6.45, 7) is 2.81. The number of hydrogen-bond donors (Lipinski definition) is 0. The molecule has 0 radical (unpaired) electrons. The van der Waals surface area contributed by atoms with Crippen molar-refractivity contribution in [3.63, 3.8) is 0 Å². The fourth-order valence-electron chi connectivity index (χ4n) is 3.93. The smallest absolute Gasteiger partial charge is 0.239 e. The van der Waals surface area contributed by atoms with Gasteiger partial charge in [-0.3, -0.25) is 4.79 Å². The maximum absolute atomic E-state index is 14.4. The van der Waals surface area contributed by atoms with Crippen LogP contribution < -0.4 is 4.90 Å². The van der Waals surface area contributed by atoms with Gasteiger partial charge in [-0.05, 0) is 55.2 Å². The van der Waals surface area contributed by atoms with Crippen molar-refractivity contribution in [2.24, 2.45) is 0 Å². The summed E-state index contributed by atoms with van der Waals surface area (Å²) in [4.78, 5) is 13.7. The van der Waals surface area contributed by atoms with E-state index in [4.69, 9.17) is 0 Å². The van der Waals surface area contributed by atoms with Crippen molar-refractivity contribution in [1.29, 1.82) is 0 Å². The van der Waals surface area contributed by atoms with Crippen LogP contribution >= 0.6 is 0 Å². The Hall–Kier alpha value is -2.51. The standard InChI is InChI=1S/C22H23FN2O3S/c1-16(26)18-7-9-22(21(23)15-18)24-10-12-25(13-11-24)29(27,28)20-8-6-17-4-2-3-5-19(17)14-20/h2-5,7,9,14-15H,6,8,10-13H2,1H3. The molecule has 7 heteroatoms. The lowest BCUT2D eigenvalue weighted by Gasteiger charge is -2.36. The summed E-state index contributed by atoms with van der Waals surface area (Å²) in [6, 6.07) is 12.3. The van der Waals surface area contributed by atoms with Crippen LogP contribution in [0.15, 0.2) is 47.4 Å². The van der Waals surface area contributed by atoms with Crippen LogP contribution in [0.2, 0.25) is 0 Å². The first-order valence-corrected chi connectivity index (χ1v) is 11.1. The Bertz CT molecular complexity index is 1090. The number of anilines is 1. The maximum Gasteiger partial charge on any atom is 0.239 e. The molecule has 152 valence electrons. The Morgan fingerprint density at radius 1 is 1.00 bits per heavy atom. The first-order chi connectivity index (χ1) is 13.9. The Morgan fingerprint density at radius 3 is 2.41 bits per heavy atom.